The van der Waals surface area contributed by atoms with Crippen molar-refractivity contribution in [2.24, 2.45) is 5.73 Å². The lowest BCUT2D eigenvalue weighted by Crippen LogP contribution is -2.27. The number of hydrogen-bond donors (Lipinski definition) is 1. The number of amides is 1. The number of para-hydroxylation sites is 1. The maximum Gasteiger partial charge on any atom is 0.225 e. The van der Waals surface area contributed by atoms with Crippen molar-refractivity contribution in [3.63, 3.8) is 0 Å². The highest BCUT2D eigenvalue weighted by molar-refractivity contribution is 5.75. The SMILES string of the molecule is CCC(c1nc(CC(N)=O)nn1-c1ccccc1C)N1CCCC1. The Kier molecular flexibility index (Phi) is 4.94. The van der Waals surface area contributed by atoms with Crippen LogP contribution < -0.4 is 5.73 Å². The van der Waals surface area contributed by atoms with Crippen LogP contribution in [0.2, 0.25) is 0 Å². The third-order valence-corrected chi connectivity index (χ3v) is 4.62. The van der Waals surface area contributed by atoms with Crippen molar-refractivity contribution in [3.05, 3.63) is 41.5 Å². The lowest BCUT2D eigenvalue weighted by Gasteiger charge is -2.26. The van der Waals surface area contributed by atoms with E-state index in [0.717, 1.165) is 36.6 Å². The molecule has 1 unspecified atom stereocenters. The third-order valence-electron chi connectivity index (χ3n) is 4.62. The molecule has 2 heterocycles. The third kappa shape index (κ3) is 3.33. The molecule has 3 rings (SSSR count). The lowest BCUT2D eigenvalue weighted by atomic mass is 10.1. The highest BCUT2D eigenvalue weighted by Gasteiger charge is 2.28. The van der Waals surface area contributed by atoms with E-state index in [1.807, 2.05) is 22.9 Å². The van der Waals surface area contributed by atoms with E-state index in [1.54, 1.807) is 0 Å². The van der Waals surface area contributed by atoms with Gasteiger partial charge in [-0.3, -0.25) is 9.69 Å². The van der Waals surface area contributed by atoms with Crippen molar-refractivity contribution in [1.29, 1.82) is 0 Å². The average Bonchev–Trinajstić information content (AvgIpc) is 3.19. The fourth-order valence-electron chi connectivity index (χ4n) is 3.45. The minimum atomic E-state index is -0.405. The van der Waals surface area contributed by atoms with Crippen LogP contribution in [0.4, 0.5) is 0 Å². The molecule has 6 heteroatoms. The van der Waals surface area contributed by atoms with E-state index in [2.05, 4.69) is 29.9 Å². The number of likely N-dealkylation sites (tertiary alicyclic amines) is 1. The van der Waals surface area contributed by atoms with Crippen LogP contribution in [0.1, 0.15) is 49.4 Å². The van der Waals surface area contributed by atoms with Gasteiger partial charge in [-0.1, -0.05) is 25.1 Å². The van der Waals surface area contributed by atoms with Crippen molar-refractivity contribution in [3.8, 4) is 5.69 Å². The van der Waals surface area contributed by atoms with E-state index in [4.69, 9.17) is 10.7 Å². The first kappa shape index (κ1) is 16.6. The molecule has 0 aliphatic carbocycles. The van der Waals surface area contributed by atoms with Crippen molar-refractivity contribution in [1.82, 2.24) is 19.7 Å². The Morgan fingerprint density at radius 3 is 2.62 bits per heavy atom. The van der Waals surface area contributed by atoms with Gasteiger partial charge in [0.25, 0.3) is 0 Å². The van der Waals surface area contributed by atoms with Crippen LogP contribution >= 0.6 is 0 Å². The Bertz CT molecular complexity index is 718. The van der Waals surface area contributed by atoms with Gasteiger partial charge in [-0.2, -0.15) is 5.10 Å². The predicted molar refractivity (Wildman–Crippen MR) is 92.8 cm³/mol. The molecule has 128 valence electrons. The molecule has 6 nitrogen and oxygen atoms in total. The summed E-state index contributed by atoms with van der Waals surface area (Å²) in [4.78, 5) is 18.5. The first-order chi connectivity index (χ1) is 11.6. The quantitative estimate of drug-likeness (QED) is 0.882. The van der Waals surface area contributed by atoms with Crippen LogP contribution in [0, 0.1) is 6.92 Å². The summed E-state index contributed by atoms with van der Waals surface area (Å²) in [6, 6.07) is 8.32. The molecule has 1 fully saturated rings. The van der Waals surface area contributed by atoms with Crippen molar-refractivity contribution in [2.75, 3.05) is 13.1 Å². The molecular weight excluding hydrogens is 302 g/mol. The van der Waals surface area contributed by atoms with E-state index in [-0.39, 0.29) is 12.5 Å². The fourth-order valence-corrected chi connectivity index (χ4v) is 3.45. The topological polar surface area (TPSA) is 77.0 Å². The second-order valence-electron chi connectivity index (χ2n) is 6.39. The van der Waals surface area contributed by atoms with Crippen molar-refractivity contribution in [2.45, 2.75) is 45.6 Å². The molecule has 1 amide bonds. The number of rotatable bonds is 6. The van der Waals surface area contributed by atoms with E-state index < -0.39 is 5.91 Å². The molecular formula is C18H25N5O. The van der Waals surface area contributed by atoms with Gasteiger partial charge in [0.2, 0.25) is 5.91 Å². The van der Waals surface area contributed by atoms with Gasteiger partial charge in [-0.15, -0.1) is 0 Å². The molecule has 2 N–H and O–H groups in total. The van der Waals surface area contributed by atoms with Crippen LogP contribution in [-0.4, -0.2) is 38.7 Å². The number of nitrogens with zero attached hydrogens (tertiary/aromatic N) is 4. The molecule has 1 aromatic heterocycles. The van der Waals surface area contributed by atoms with Gasteiger partial charge in [-0.05, 0) is 50.9 Å². The normalized spacial score (nSPS) is 16.4. The predicted octanol–water partition coefficient (Wildman–Crippen LogP) is 2.15. The number of primary amides is 1. The summed E-state index contributed by atoms with van der Waals surface area (Å²) >= 11 is 0. The monoisotopic (exact) mass is 327 g/mol. The Morgan fingerprint density at radius 2 is 2.00 bits per heavy atom. The number of benzene rings is 1. The van der Waals surface area contributed by atoms with Gasteiger partial charge in [0, 0.05) is 0 Å². The van der Waals surface area contributed by atoms with Gasteiger partial charge in [0.15, 0.2) is 5.82 Å². The summed E-state index contributed by atoms with van der Waals surface area (Å²) in [5.41, 5.74) is 7.48. The standard InChI is InChI=1S/C18H25N5O/c1-3-14(22-10-6-7-11-22)18-20-17(12-16(19)24)21-23(18)15-9-5-4-8-13(15)2/h4-5,8-9,14H,3,6-7,10-12H2,1-2H3,(H2,19,24). The lowest BCUT2D eigenvalue weighted by molar-refractivity contribution is -0.117. The second kappa shape index (κ2) is 7.13. The van der Waals surface area contributed by atoms with E-state index in [1.165, 1.54) is 12.8 Å². The summed E-state index contributed by atoms with van der Waals surface area (Å²) in [6.07, 6.45) is 3.48. The van der Waals surface area contributed by atoms with Crippen LogP contribution in [0.5, 0.6) is 0 Å². The van der Waals surface area contributed by atoms with E-state index >= 15 is 0 Å². The minimum Gasteiger partial charge on any atom is -0.369 e. The molecule has 1 aliphatic heterocycles. The number of nitrogens with two attached hydrogens (primary N) is 1. The first-order valence-electron chi connectivity index (χ1n) is 8.64. The van der Waals surface area contributed by atoms with E-state index in [9.17, 15) is 4.79 Å². The Morgan fingerprint density at radius 1 is 1.29 bits per heavy atom. The second-order valence-corrected chi connectivity index (χ2v) is 6.39. The zero-order chi connectivity index (χ0) is 17.1. The molecule has 0 bridgehead atoms. The molecule has 1 aromatic carbocycles. The number of hydrogen-bond acceptors (Lipinski definition) is 4. The van der Waals surface area contributed by atoms with Crippen LogP contribution in [0.15, 0.2) is 24.3 Å². The van der Waals surface area contributed by atoms with Crippen LogP contribution in [-0.2, 0) is 11.2 Å². The maximum absolute atomic E-state index is 11.3. The van der Waals surface area contributed by atoms with Crippen LogP contribution in [0.3, 0.4) is 0 Å². The summed E-state index contributed by atoms with van der Waals surface area (Å²) in [7, 11) is 0. The van der Waals surface area contributed by atoms with Gasteiger partial charge < -0.3 is 5.73 Å². The summed E-state index contributed by atoms with van der Waals surface area (Å²) < 4.78 is 1.90. The van der Waals surface area contributed by atoms with Gasteiger partial charge in [0.05, 0.1) is 18.2 Å². The van der Waals surface area contributed by atoms with Gasteiger partial charge >= 0.3 is 0 Å². The number of carbonyl (C=O) groups is 1. The molecule has 24 heavy (non-hydrogen) atoms. The Balaban J connectivity index is 2.06. The summed E-state index contributed by atoms with van der Waals surface area (Å²) in [5.74, 6) is 1.00. The highest BCUT2D eigenvalue weighted by atomic mass is 16.1. The fraction of sp³-hybridized carbons (Fsp3) is 0.500. The maximum atomic E-state index is 11.3. The van der Waals surface area contributed by atoms with Crippen LogP contribution in [0.25, 0.3) is 5.69 Å². The molecule has 1 saturated heterocycles. The number of aromatic nitrogens is 3. The molecule has 0 spiro atoms. The average molecular weight is 327 g/mol. The molecule has 0 radical (unpaired) electrons. The number of carbonyl (C=O) groups excluding carboxylic acids is 1. The Hall–Kier alpha value is -2.21. The van der Waals surface area contributed by atoms with Crippen molar-refractivity contribution < 1.29 is 4.79 Å². The molecule has 1 atom stereocenters. The minimum absolute atomic E-state index is 0.0717. The molecule has 1 aliphatic rings. The zero-order valence-electron chi connectivity index (χ0n) is 14.4. The summed E-state index contributed by atoms with van der Waals surface area (Å²) in [5, 5.41) is 4.60. The number of aryl methyl sites for hydroxylation is 1. The van der Waals surface area contributed by atoms with Gasteiger partial charge in [-0.25, -0.2) is 9.67 Å². The smallest absolute Gasteiger partial charge is 0.225 e. The Labute approximate surface area is 142 Å². The van der Waals surface area contributed by atoms with Crippen molar-refractivity contribution >= 4 is 5.91 Å². The first-order valence-corrected chi connectivity index (χ1v) is 8.64. The zero-order valence-corrected chi connectivity index (χ0v) is 14.4. The molecule has 0 saturated carbocycles. The largest absolute Gasteiger partial charge is 0.369 e. The van der Waals surface area contributed by atoms with Gasteiger partial charge in [0.1, 0.15) is 5.82 Å². The summed E-state index contributed by atoms with van der Waals surface area (Å²) in [6.45, 7) is 6.41. The molecule has 2 aromatic rings. The highest BCUT2D eigenvalue weighted by Crippen LogP contribution is 2.29. The van der Waals surface area contributed by atoms with E-state index in [0.29, 0.717) is 5.82 Å².